The van der Waals surface area contributed by atoms with Crippen LogP contribution < -0.4 is 0 Å². The molecule has 2 aliphatic rings. The summed E-state index contributed by atoms with van der Waals surface area (Å²) in [5.41, 5.74) is 1.21. The Kier molecular flexibility index (Phi) is 2.66. The minimum Gasteiger partial charge on any atom is -0.338 e. The summed E-state index contributed by atoms with van der Waals surface area (Å²) in [4.78, 5) is 6.89. The highest BCUT2D eigenvalue weighted by Crippen LogP contribution is 2.39. The Bertz CT molecular complexity index is 609. The molecule has 0 unspecified atom stereocenters. The van der Waals surface area contributed by atoms with Gasteiger partial charge < -0.3 is 4.52 Å². The van der Waals surface area contributed by atoms with E-state index in [1.165, 1.54) is 18.4 Å². The number of likely N-dealkylation sites (tertiary alicyclic amines) is 1. The minimum absolute atomic E-state index is 0.197. The Labute approximate surface area is 117 Å². The lowest BCUT2D eigenvalue weighted by Crippen LogP contribution is -2.48. The summed E-state index contributed by atoms with van der Waals surface area (Å²) in [7, 11) is 0. The van der Waals surface area contributed by atoms with Gasteiger partial charge >= 0.3 is 0 Å². The van der Waals surface area contributed by atoms with Crippen LogP contribution in [0.4, 0.5) is 0 Å². The maximum atomic E-state index is 5.40. The number of rotatable bonds is 4. The number of hydrogen-bond donors (Lipinski definition) is 0. The maximum absolute atomic E-state index is 5.40. The molecule has 106 valence electrons. The molecule has 0 bridgehead atoms. The van der Waals surface area contributed by atoms with E-state index in [9.17, 15) is 0 Å². The van der Waals surface area contributed by atoms with Gasteiger partial charge in [-0.1, -0.05) is 5.16 Å². The Morgan fingerprint density at radius 2 is 2.15 bits per heavy atom. The Morgan fingerprint density at radius 1 is 1.35 bits per heavy atom. The van der Waals surface area contributed by atoms with Gasteiger partial charge in [0.05, 0.1) is 18.3 Å². The molecule has 6 nitrogen and oxygen atoms in total. The average Bonchev–Trinajstić information content (AvgIpc) is 2.95. The molecule has 2 aromatic rings. The van der Waals surface area contributed by atoms with Crippen LogP contribution in [0.25, 0.3) is 0 Å². The zero-order chi connectivity index (χ0) is 13.7. The lowest BCUT2D eigenvalue weighted by molar-refractivity contribution is 0.0456. The van der Waals surface area contributed by atoms with Gasteiger partial charge in [0.2, 0.25) is 5.89 Å². The van der Waals surface area contributed by atoms with Crippen molar-refractivity contribution >= 4 is 0 Å². The van der Waals surface area contributed by atoms with E-state index in [2.05, 4.69) is 44.9 Å². The van der Waals surface area contributed by atoms with Gasteiger partial charge in [-0.05, 0) is 32.3 Å². The molecule has 1 aliphatic heterocycles. The largest absolute Gasteiger partial charge is 0.338 e. The van der Waals surface area contributed by atoms with Crippen LogP contribution in [-0.2, 0) is 0 Å². The summed E-state index contributed by atoms with van der Waals surface area (Å²) in [6.07, 6.45) is 6.42. The maximum Gasteiger partial charge on any atom is 0.243 e. The lowest BCUT2D eigenvalue weighted by atomic mass is 10.1. The highest BCUT2D eigenvalue weighted by atomic mass is 16.5. The third-order valence-electron chi connectivity index (χ3n) is 4.30. The van der Waals surface area contributed by atoms with Crippen LogP contribution in [0.2, 0.25) is 0 Å². The quantitative estimate of drug-likeness (QED) is 0.853. The van der Waals surface area contributed by atoms with E-state index in [1.54, 1.807) is 0 Å². The molecular formula is C14H19N5O. The minimum atomic E-state index is 0.197. The normalized spacial score (nSPS) is 21.9. The van der Waals surface area contributed by atoms with Gasteiger partial charge in [0.1, 0.15) is 0 Å². The first-order valence-electron chi connectivity index (χ1n) is 7.29. The summed E-state index contributed by atoms with van der Waals surface area (Å²) in [5.74, 6) is 2.20. The first-order valence-corrected chi connectivity index (χ1v) is 7.29. The second-order valence-electron chi connectivity index (χ2n) is 6.05. The van der Waals surface area contributed by atoms with Crippen molar-refractivity contribution in [2.75, 3.05) is 13.1 Å². The molecule has 2 aromatic heterocycles. The van der Waals surface area contributed by atoms with Crippen molar-refractivity contribution in [1.29, 1.82) is 0 Å². The molecule has 2 fully saturated rings. The molecule has 1 atom stereocenters. The molecule has 3 heterocycles. The number of aryl methyl sites for hydroxylation is 1. The molecule has 4 rings (SSSR count). The third-order valence-corrected chi connectivity index (χ3v) is 4.30. The Balaban J connectivity index is 1.39. The molecule has 0 N–H and O–H groups in total. The van der Waals surface area contributed by atoms with Gasteiger partial charge in [-0.15, -0.1) is 0 Å². The van der Waals surface area contributed by atoms with Crippen LogP contribution in [0, 0.1) is 6.92 Å². The smallest absolute Gasteiger partial charge is 0.243 e. The van der Waals surface area contributed by atoms with E-state index in [-0.39, 0.29) is 6.04 Å². The van der Waals surface area contributed by atoms with Gasteiger partial charge in [0, 0.05) is 25.2 Å². The fourth-order valence-corrected chi connectivity index (χ4v) is 2.68. The fourth-order valence-electron chi connectivity index (χ4n) is 2.68. The first kappa shape index (κ1) is 12.1. The second-order valence-corrected chi connectivity index (χ2v) is 6.05. The van der Waals surface area contributed by atoms with Gasteiger partial charge in [-0.3, -0.25) is 9.58 Å². The molecule has 1 saturated heterocycles. The van der Waals surface area contributed by atoms with E-state index in [1.807, 2.05) is 6.20 Å². The molecule has 20 heavy (non-hydrogen) atoms. The monoisotopic (exact) mass is 273 g/mol. The Hall–Kier alpha value is -1.69. The highest BCUT2D eigenvalue weighted by molar-refractivity contribution is 5.06. The SMILES string of the molecule is Cc1cnn(C2CN([C@H](C)c3nc(C4CC4)no3)C2)c1. The number of hydrogen-bond acceptors (Lipinski definition) is 5. The predicted octanol–water partition coefficient (Wildman–Crippen LogP) is 2.07. The van der Waals surface area contributed by atoms with E-state index in [4.69, 9.17) is 4.52 Å². The topological polar surface area (TPSA) is 60.0 Å². The number of nitrogens with zero attached hydrogens (tertiary/aromatic N) is 5. The van der Waals surface area contributed by atoms with Crippen LogP contribution in [0.5, 0.6) is 0 Å². The van der Waals surface area contributed by atoms with Gasteiger partial charge in [0.15, 0.2) is 5.82 Å². The van der Waals surface area contributed by atoms with Crippen LogP contribution in [0.1, 0.15) is 55.0 Å². The van der Waals surface area contributed by atoms with Crippen molar-refractivity contribution in [1.82, 2.24) is 24.8 Å². The van der Waals surface area contributed by atoms with Crippen molar-refractivity contribution < 1.29 is 4.52 Å². The summed E-state index contributed by atoms with van der Waals surface area (Å²) in [6, 6.07) is 0.667. The zero-order valence-electron chi connectivity index (χ0n) is 11.9. The van der Waals surface area contributed by atoms with Gasteiger partial charge in [0.25, 0.3) is 0 Å². The Morgan fingerprint density at radius 3 is 2.80 bits per heavy atom. The average molecular weight is 273 g/mol. The molecule has 0 amide bonds. The summed E-state index contributed by atoms with van der Waals surface area (Å²) < 4.78 is 7.46. The fraction of sp³-hybridized carbons (Fsp3) is 0.643. The highest BCUT2D eigenvalue weighted by Gasteiger charge is 2.36. The standard InChI is InChI=1S/C14H19N5O/c1-9-5-15-19(6-9)12-7-18(8-12)10(2)14-16-13(17-20-14)11-3-4-11/h5-6,10-12H,3-4,7-8H2,1-2H3/t10-/m1/s1. The van der Waals surface area contributed by atoms with E-state index in [0.717, 1.165) is 24.8 Å². The molecule has 1 aliphatic carbocycles. The van der Waals surface area contributed by atoms with Crippen molar-refractivity contribution in [2.24, 2.45) is 0 Å². The van der Waals surface area contributed by atoms with Gasteiger partial charge in [-0.2, -0.15) is 10.1 Å². The lowest BCUT2D eigenvalue weighted by Gasteiger charge is -2.41. The molecular weight excluding hydrogens is 254 g/mol. The van der Waals surface area contributed by atoms with Crippen LogP contribution in [0.15, 0.2) is 16.9 Å². The molecule has 0 radical (unpaired) electrons. The van der Waals surface area contributed by atoms with E-state index in [0.29, 0.717) is 12.0 Å². The first-order chi connectivity index (χ1) is 9.70. The number of aromatic nitrogens is 4. The summed E-state index contributed by atoms with van der Waals surface area (Å²) in [5, 5.41) is 8.47. The van der Waals surface area contributed by atoms with E-state index < -0.39 is 0 Å². The van der Waals surface area contributed by atoms with Crippen molar-refractivity contribution in [2.45, 2.75) is 44.7 Å². The molecule has 1 saturated carbocycles. The van der Waals surface area contributed by atoms with Gasteiger partial charge in [-0.25, -0.2) is 0 Å². The summed E-state index contributed by atoms with van der Waals surface area (Å²) >= 11 is 0. The summed E-state index contributed by atoms with van der Waals surface area (Å²) in [6.45, 7) is 6.18. The van der Waals surface area contributed by atoms with Crippen molar-refractivity contribution in [3.05, 3.63) is 29.7 Å². The predicted molar refractivity (Wildman–Crippen MR) is 72.3 cm³/mol. The zero-order valence-corrected chi connectivity index (χ0v) is 11.9. The van der Waals surface area contributed by atoms with Crippen LogP contribution in [-0.4, -0.2) is 37.9 Å². The van der Waals surface area contributed by atoms with E-state index >= 15 is 0 Å². The second kappa shape index (κ2) is 4.41. The van der Waals surface area contributed by atoms with Crippen molar-refractivity contribution in [3.63, 3.8) is 0 Å². The molecule has 0 spiro atoms. The third kappa shape index (κ3) is 2.04. The molecule has 6 heteroatoms. The van der Waals surface area contributed by atoms with Crippen LogP contribution >= 0.6 is 0 Å². The van der Waals surface area contributed by atoms with Crippen molar-refractivity contribution in [3.8, 4) is 0 Å². The van der Waals surface area contributed by atoms with Crippen LogP contribution in [0.3, 0.4) is 0 Å². The molecule has 0 aromatic carbocycles.